The van der Waals surface area contributed by atoms with Crippen molar-refractivity contribution in [2.24, 2.45) is 0 Å². The number of fused-ring (bicyclic) bond motifs is 2. The molecule has 3 aromatic rings. The zero-order chi connectivity index (χ0) is 27.5. The lowest BCUT2D eigenvalue weighted by Crippen LogP contribution is -2.67. The quantitative estimate of drug-likeness (QED) is 0.457. The lowest BCUT2D eigenvalue weighted by Gasteiger charge is -2.47. The third-order valence-corrected chi connectivity index (χ3v) is 7.41. The average molecular weight is 524 g/mol. The second-order valence-corrected chi connectivity index (χ2v) is 9.85. The van der Waals surface area contributed by atoms with Gasteiger partial charge in [-0.1, -0.05) is 60.7 Å². The SMILES string of the molecule is [C-]#[N+]c1ccc(CN(C)C(=O)N2[C@H]3CC[C@@H]2[C@@H](C(=O)O)N(C(=O)N(c2ccccc2)c2ccccc2)C3)cc1. The molecule has 39 heavy (non-hydrogen) atoms. The maximum Gasteiger partial charge on any atom is 0.329 e. The fourth-order valence-electron chi connectivity index (χ4n) is 5.61. The van der Waals surface area contributed by atoms with Gasteiger partial charge in [0.15, 0.2) is 11.7 Å². The number of carboxylic acids is 1. The predicted molar refractivity (Wildman–Crippen MR) is 147 cm³/mol. The summed E-state index contributed by atoms with van der Waals surface area (Å²) in [6.45, 7) is 7.56. The van der Waals surface area contributed by atoms with E-state index >= 15 is 0 Å². The van der Waals surface area contributed by atoms with Gasteiger partial charge >= 0.3 is 18.0 Å². The molecule has 2 saturated heterocycles. The van der Waals surface area contributed by atoms with Crippen LogP contribution in [0.5, 0.6) is 0 Å². The highest BCUT2D eigenvalue weighted by Gasteiger charge is 2.54. The average Bonchev–Trinajstić information content (AvgIpc) is 3.26. The minimum atomic E-state index is -1.18. The van der Waals surface area contributed by atoms with E-state index < -0.39 is 24.1 Å². The van der Waals surface area contributed by atoms with E-state index in [1.807, 2.05) is 72.8 Å². The Labute approximate surface area is 227 Å². The molecule has 0 radical (unpaired) electrons. The Bertz CT molecular complexity index is 1350. The maximum atomic E-state index is 14.1. The lowest BCUT2D eigenvalue weighted by atomic mass is 10.0. The van der Waals surface area contributed by atoms with Crippen LogP contribution >= 0.6 is 0 Å². The number of carboxylic acid groups (broad SMARTS) is 1. The number of anilines is 2. The smallest absolute Gasteiger partial charge is 0.329 e. The molecule has 3 aromatic carbocycles. The van der Waals surface area contributed by atoms with Crippen LogP contribution in [-0.4, -0.2) is 69.6 Å². The monoisotopic (exact) mass is 523 g/mol. The van der Waals surface area contributed by atoms with E-state index in [4.69, 9.17) is 6.57 Å². The van der Waals surface area contributed by atoms with Gasteiger partial charge in [-0.3, -0.25) is 4.90 Å². The second-order valence-electron chi connectivity index (χ2n) is 9.85. The largest absolute Gasteiger partial charge is 0.480 e. The zero-order valence-corrected chi connectivity index (χ0v) is 21.6. The lowest BCUT2D eigenvalue weighted by molar-refractivity contribution is -0.145. The molecule has 1 N–H and O–H groups in total. The van der Waals surface area contributed by atoms with Crippen molar-refractivity contribution in [3.05, 3.63) is 102 Å². The summed E-state index contributed by atoms with van der Waals surface area (Å²) in [5.74, 6) is -1.13. The van der Waals surface area contributed by atoms with Crippen molar-refractivity contribution >= 4 is 35.1 Å². The van der Waals surface area contributed by atoms with Crippen molar-refractivity contribution in [1.82, 2.24) is 14.7 Å². The van der Waals surface area contributed by atoms with Crippen molar-refractivity contribution < 1.29 is 19.5 Å². The van der Waals surface area contributed by atoms with E-state index in [1.165, 1.54) is 9.80 Å². The first kappa shape index (κ1) is 25.8. The van der Waals surface area contributed by atoms with Crippen molar-refractivity contribution in [2.75, 3.05) is 18.5 Å². The topological polar surface area (TPSA) is 88.8 Å². The number of aliphatic carboxylic acids is 1. The molecular formula is C30H29N5O4. The Balaban J connectivity index is 1.41. The van der Waals surface area contributed by atoms with E-state index in [2.05, 4.69) is 4.85 Å². The Morgan fingerprint density at radius 1 is 0.897 bits per heavy atom. The molecule has 3 atom stereocenters. The molecule has 0 aromatic heterocycles. The number of amides is 4. The molecule has 0 aliphatic carbocycles. The summed E-state index contributed by atoms with van der Waals surface area (Å²) in [7, 11) is 1.68. The number of urea groups is 2. The molecule has 2 fully saturated rings. The molecule has 0 saturated carbocycles. The summed E-state index contributed by atoms with van der Waals surface area (Å²) in [5.41, 5.74) is 2.66. The Morgan fingerprint density at radius 2 is 1.49 bits per heavy atom. The minimum absolute atomic E-state index is 0.127. The Hall–Kier alpha value is -4.84. The van der Waals surface area contributed by atoms with Gasteiger partial charge in [-0.25, -0.2) is 19.2 Å². The minimum Gasteiger partial charge on any atom is -0.480 e. The number of benzene rings is 3. The molecule has 2 aliphatic heterocycles. The third-order valence-electron chi connectivity index (χ3n) is 7.41. The number of nitrogens with zero attached hydrogens (tertiary/aromatic N) is 5. The van der Waals surface area contributed by atoms with Gasteiger partial charge in [0.05, 0.1) is 30.0 Å². The highest BCUT2D eigenvalue weighted by Crippen LogP contribution is 2.37. The van der Waals surface area contributed by atoms with E-state index in [0.29, 0.717) is 36.4 Å². The highest BCUT2D eigenvalue weighted by atomic mass is 16.4. The number of likely N-dealkylation sites (tertiary alicyclic amines) is 1. The van der Waals surface area contributed by atoms with Crippen molar-refractivity contribution in [3.63, 3.8) is 0 Å². The van der Waals surface area contributed by atoms with Crippen molar-refractivity contribution in [3.8, 4) is 0 Å². The van der Waals surface area contributed by atoms with Gasteiger partial charge in [0.1, 0.15) is 0 Å². The van der Waals surface area contributed by atoms with Crippen LogP contribution < -0.4 is 4.90 Å². The van der Waals surface area contributed by atoms with Crippen LogP contribution in [0.25, 0.3) is 4.85 Å². The van der Waals surface area contributed by atoms with E-state index in [1.54, 1.807) is 29.0 Å². The van der Waals surface area contributed by atoms with Gasteiger partial charge in [-0.2, -0.15) is 0 Å². The fourth-order valence-corrected chi connectivity index (χ4v) is 5.61. The summed E-state index contributed by atoms with van der Waals surface area (Å²) in [6, 6.07) is 22.5. The van der Waals surface area contributed by atoms with E-state index in [-0.39, 0.29) is 18.6 Å². The van der Waals surface area contributed by atoms with Crippen LogP contribution in [-0.2, 0) is 11.3 Å². The molecule has 2 aliphatic rings. The standard InChI is InChI=1S/C30H29N5O4/c1-31-22-15-13-21(14-16-22)19-32(2)29(38)35-25-17-18-26(35)27(28(36)37)33(20-25)30(39)34(23-9-5-3-6-10-23)24-11-7-4-8-12-24/h3-16,25-27H,17-20H2,2H3,(H,36,37)/t25-,26+,27-/m0/s1. The van der Waals surface area contributed by atoms with Crippen LogP contribution in [0.2, 0.25) is 0 Å². The molecule has 0 unspecified atom stereocenters. The van der Waals surface area contributed by atoms with Gasteiger partial charge in [0.2, 0.25) is 0 Å². The van der Waals surface area contributed by atoms with Gasteiger partial charge in [-0.05, 0) is 42.7 Å². The van der Waals surface area contributed by atoms with Crippen LogP contribution in [0.1, 0.15) is 18.4 Å². The molecular weight excluding hydrogens is 494 g/mol. The number of hydrogen-bond acceptors (Lipinski definition) is 3. The van der Waals surface area contributed by atoms with Crippen LogP contribution in [0.4, 0.5) is 26.7 Å². The first-order valence-electron chi connectivity index (χ1n) is 12.8. The molecule has 0 spiro atoms. The molecule has 2 heterocycles. The Morgan fingerprint density at radius 3 is 2.03 bits per heavy atom. The van der Waals surface area contributed by atoms with Gasteiger partial charge in [0, 0.05) is 20.1 Å². The first-order valence-corrected chi connectivity index (χ1v) is 12.8. The normalized spacial score (nSPS) is 19.7. The Kier molecular flexibility index (Phi) is 7.19. The molecule has 2 bridgehead atoms. The van der Waals surface area contributed by atoms with E-state index in [9.17, 15) is 19.5 Å². The van der Waals surface area contributed by atoms with Gasteiger partial charge in [-0.15, -0.1) is 0 Å². The number of carbonyl (C=O) groups excluding carboxylic acids is 2. The number of para-hydroxylation sites is 2. The summed E-state index contributed by atoms with van der Waals surface area (Å²) in [6.07, 6.45) is 1.12. The first-order chi connectivity index (χ1) is 18.9. The van der Waals surface area contributed by atoms with Gasteiger partial charge in [0.25, 0.3) is 0 Å². The molecule has 9 nitrogen and oxygen atoms in total. The molecule has 198 valence electrons. The number of piperazine rings is 1. The number of hydrogen-bond donors (Lipinski definition) is 1. The maximum absolute atomic E-state index is 14.1. The second kappa shape index (κ2) is 10.9. The van der Waals surface area contributed by atoms with Crippen LogP contribution in [0.3, 0.4) is 0 Å². The van der Waals surface area contributed by atoms with Crippen LogP contribution in [0, 0.1) is 6.57 Å². The molecule has 4 amide bonds. The third kappa shape index (κ3) is 5.01. The van der Waals surface area contributed by atoms with Crippen molar-refractivity contribution in [1.29, 1.82) is 0 Å². The highest BCUT2D eigenvalue weighted by molar-refractivity contribution is 6.01. The number of carbonyl (C=O) groups is 3. The van der Waals surface area contributed by atoms with E-state index in [0.717, 1.165) is 5.56 Å². The van der Waals surface area contributed by atoms with Gasteiger partial charge < -0.3 is 19.8 Å². The summed E-state index contributed by atoms with van der Waals surface area (Å²) < 4.78 is 0. The summed E-state index contributed by atoms with van der Waals surface area (Å²) in [5, 5.41) is 10.3. The summed E-state index contributed by atoms with van der Waals surface area (Å²) >= 11 is 0. The van der Waals surface area contributed by atoms with Crippen LogP contribution in [0.15, 0.2) is 84.9 Å². The molecule has 5 rings (SSSR count). The van der Waals surface area contributed by atoms with Crippen molar-refractivity contribution in [2.45, 2.75) is 37.5 Å². The predicted octanol–water partition coefficient (Wildman–Crippen LogP) is 5.35. The zero-order valence-electron chi connectivity index (χ0n) is 21.6. The number of rotatable bonds is 5. The molecule has 9 heteroatoms. The summed E-state index contributed by atoms with van der Waals surface area (Å²) in [4.78, 5) is 49.9. The fraction of sp³-hybridized carbons (Fsp3) is 0.267.